The number of benzene rings is 1. The molecule has 1 saturated heterocycles. The second-order valence-electron chi connectivity index (χ2n) is 6.52. The predicted octanol–water partition coefficient (Wildman–Crippen LogP) is 4.34. The van der Waals surface area contributed by atoms with Gasteiger partial charge in [-0.05, 0) is 55.4 Å². The number of nitrogens with one attached hydrogen (secondary N) is 2. The maximum Gasteiger partial charge on any atom is 0.191 e. The Kier molecular flexibility index (Phi) is 13.0. The number of hydrogen-bond acceptors (Lipinski definition) is 3. The van der Waals surface area contributed by atoms with Crippen molar-refractivity contribution in [1.82, 2.24) is 15.5 Å². The van der Waals surface area contributed by atoms with Gasteiger partial charge in [0.1, 0.15) is 0 Å². The lowest BCUT2D eigenvalue weighted by atomic mass is 10.0. The van der Waals surface area contributed by atoms with Gasteiger partial charge < -0.3 is 10.6 Å². The third kappa shape index (κ3) is 9.28. The lowest BCUT2D eigenvalue weighted by molar-refractivity contribution is 0.198. The minimum atomic E-state index is 0. The van der Waals surface area contributed by atoms with Gasteiger partial charge >= 0.3 is 0 Å². The molecule has 0 bridgehead atoms. The zero-order chi connectivity index (χ0) is 17.9. The molecule has 148 valence electrons. The van der Waals surface area contributed by atoms with Gasteiger partial charge in [0.25, 0.3) is 0 Å². The largest absolute Gasteiger partial charge is 0.356 e. The molecule has 1 aliphatic heterocycles. The Hall–Kier alpha value is 0.01000. The van der Waals surface area contributed by atoms with Crippen LogP contribution >= 0.6 is 51.7 Å². The van der Waals surface area contributed by atoms with Crippen LogP contribution in [-0.2, 0) is 6.54 Å². The van der Waals surface area contributed by atoms with Crippen LogP contribution in [0.3, 0.4) is 0 Å². The third-order valence-corrected chi connectivity index (χ3v) is 5.76. The molecular weight excluding hydrogens is 523 g/mol. The summed E-state index contributed by atoms with van der Waals surface area (Å²) in [6.45, 7) is 4.32. The Morgan fingerprint density at radius 2 is 1.92 bits per heavy atom. The summed E-state index contributed by atoms with van der Waals surface area (Å²) in [6, 6.07) is 9.18. The summed E-state index contributed by atoms with van der Waals surface area (Å²) in [5.41, 5.74) is 1.39. The van der Waals surface area contributed by atoms with Gasteiger partial charge in [0.05, 0.1) is 0 Å². The first-order valence-corrected chi connectivity index (χ1v) is 11.3. The molecule has 7 heteroatoms. The summed E-state index contributed by atoms with van der Waals surface area (Å²) in [5.74, 6) is 2.19. The SMILES string of the molecule is CN=C(NCCCCSC)NC1CCN(Cc2ccc(Br)cc2)CC1.I. The molecule has 0 unspecified atom stereocenters. The Labute approximate surface area is 188 Å². The fraction of sp³-hybridized carbons (Fsp3) is 0.632. The number of unbranched alkanes of at least 4 members (excludes halogenated alkanes) is 1. The van der Waals surface area contributed by atoms with Crippen LogP contribution in [0.4, 0.5) is 0 Å². The number of nitrogens with zero attached hydrogens (tertiary/aromatic N) is 2. The van der Waals surface area contributed by atoms with E-state index in [-0.39, 0.29) is 24.0 Å². The Morgan fingerprint density at radius 1 is 1.23 bits per heavy atom. The number of rotatable bonds is 8. The van der Waals surface area contributed by atoms with Crippen LogP contribution in [0.15, 0.2) is 33.7 Å². The quantitative estimate of drug-likeness (QED) is 0.217. The summed E-state index contributed by atoms with van der Waals surface area (Å²) < 4.78 is 1.14. The number of guanidine groups is 1. The minimum absolute atomic E-state index is 0. The van der Waals surface area contributed by atoms with E-state index in [1.807, 2.05) is 18.8 Å². The summed E-state index contributed by atoms with van der Waals surface area (Å²) in [5, 5.41) is 7.03. The topological polar surface area (TPSA) is 39.7 Å². The molecule has 1 aliphatic rings. The van der Waals surface area contributed by atoms with Crippen molar-refractivity contribution in [2.75, 3.05) is 38.7 Å². The lowest BCUT2D eigenvalue weighted by Gasteiger charge is -2.33. The average molecular weight is 555 g/mol. The maximum atomic E-state index is 4.37. The van der Waals surface area contributed by atoms with Gasteiger partial charge in [-0.1, -0.05) is 28.1 Å². The number of aliphatic imine (C=N–C) groups is 1. The highest BCUT2D eigenvalue weighted by atomic mass is 127. The van der Waals surface area contributed by atoms with Gasteiger partial charge in [0.2, 0.25) is 0 Å². The van der Waals surface area contributed by atoms with Crippen molar-refractivity contribution in [3.05, 3.63) is 34.3 Å². The van der Waals surface area contributed by atoms with Crippen molar-refractivity contribution in [3.8, 4) is 0 Å². The number of likely N-dealkylation sites (tertiary alicyclic amines) is 1. The molecular formula is C19H32BrIN4S. The summed E-state index contributed by atoms with van der Waals surface area (Å²) in [6.07, 6.45) is 6.97. The lowest BCUT2D eigenvalue weighted by Crippen LogP contribution is -2.48. The van der Waals surface area contributed by atoms with Crippen molar-refractivity contribution in [1.29, 1.82) is 0 Å². The third-order valence-electron chi connectivity index (χ3n) is 4.54. The van der Waals surface area contributed by atoms with Gasteiger partial charge in [-0.15, -0.1) is 24.0 Å². The fourth-order valence-electron chi connectivity index (χ4n) is 3.05. The van der Waals surface area contributed by atoms with E-state index in [1.165, 1.54) is 37.0 Å². The van der Waals surface area contributed by atoms with Crippen LogP contribution in [0.2, 0.25) is 0 Å². The fourth-order valence-corrected chi connectivity index (χ4v) is 3.81. The molecule has 1 aromatic carbocycles. The molecule has 0 radical (unpaired) electrons. The van der Waals surface area contributed by atoms with Crippen LogP contribution in [0.25, 0.3) is 0 Å². The Morgan fingerprint density at radius 3 is 2.54 bits per heavy atom. The van der Waals surface area contributed by atoms with Gasteiger partial charge in [0, 0.05) is 43.7 Å². The van der Waals surface area contributed by atoms with E-state index >= 15 is 0 Å². The molecule has 0 aliphatic carbocycles. The predicted molar refractivity (Wildman–Crippen MR) is 130 cm³/mol. The van der Waals surface area contributed by atoms with Gasteiger partial charge in [-0.2, -0.15) is 11.8 Å². The monoisotopic (exact) mass is 554 g/mol. The summed E-state index contributed by atoms with van der Waals surface area (Å²) >= 11 is 5.41. The average Bonchev–Trinajstić information content (AvgIpc) is 2.64. The zero-order valence-electron chi connectivity index (χ0n) is 15.8. The number of piperidine rings is 1. The first kappa shape index (κ1) is 24.0. The molecule has 2 N–H and O–H groups in total. The first-order chi connectivity index (χ1) is 12.2. The summed E-state index contributed by atoms with van der Waals surface area (Å²) in [7, 11) is 1.86. The number of thioether (sulfide) groups is 1. The zero-order valence-corrected chi connectivity index (χ0v) is 20.6. The van der Waals surface area contributed by atoms with Crippen molar-refractivity contribution in [2.24, 2.45) is 4.99 Å². The van der Waals surface area contributed by atoms with Crippen molar-refractivity contribution < 1.29 is 0 Å². The van der Waals surface area contributed by atoms with E-state index in [0.717, 1.165) is 36.6 Å². The molecule has 1 aromatic rings. The summed E-state index contributed by atoms with van der Waals surface area (Å²) in [4.78, 5) is 6.91. The highest BCUT2D eigenvalue weighted by Crippen LogP contribution is 2.16. The second-order valence-corrected chi connectivity index (χ2v) is 8.42. The molecule has 0 saturated carbocycles. The molecule has 2 rings (SSSR count). The van der Waals surface area contributed by atoms with E-state index < -0.39 is 0 Å². The van der Waals surface area contributed by atoms with Crippen LogP contribution in [0.5, 0.6) is 0 Å². The van der Waals surface area contributed by atoms with Crippen molar-refractivity contribution in [3.63, 3.8) is 0 Å². The van der Waals surface area contributed by atoms with Crippen LogP contribution in [0.1, 0.15) is 31.2 Å². The van der Waals surface area contributed by atoms with Crippen molar-refractivity contribution >= 4 is 57.6 Å². The molecule has 0 spiro atoms. The van der Waals surface area contributed by atoms with Crippen LogP contribution in [-0.4, -0.2) is 55.6 Å². The molecule has 1 fully saturated rings. The van der Waals surface area contributed by atoms with Crippen LogP contribution in [0, 0.1) is 0 Å². The maximum absolute atomic E-state index is 4.37. The van der Waals surface area contributed by atoms with Gasteiger partial charge in [0.15, 0.2) is 5.96 Å². The smallest absolute Gasteiger partial charge is 0.191 e. The second kappa shape index (κ2) is 14.1. The van der Waals surface area contributed by atoms with E-state index in [1.54, 1.807) is 0 Å². The van der Waals surface area contributed by atoms with Gasteiger partial charge in [-0.3, -0.25) is 9.89 Å². The highest BCUT2D eigenvalue weighted by Gasteiger charge is 2.19. The Balaban J connectivity index is 0.00000338. The number of halogens is 2. The van der Waals surface area contributed by atoms with Crippen molar-refractivity contribution in [2.45, 2.75) is 38.3 Å². The van der Waals surface area contributed by atoms with E-state index in [2.05, 4.69) is 67.0 Å². The van der Waals surface area contributed by atoms with E-state index in [9.17, 15) is 0 Å². The minimum Gasteiger partial charge on any atom is -0.356 e. The molecule has 0 atom stereocenters. The molecule has 0 aromatic heterocycles. The number of hydrogen-bond donors (Lipinski definition) is 2. The van der Waals surface area contributed by atoms with E-state index in [0.29, 0.717) is 6.04 Å². The normalized spacial score (nSPS) is 16.2. The molecule has 1 heterocycles. The first-order valence-electron chi connectivity index (χ1n) is 9.14. The van der Waals surface area contributed by atoms with Crippen LogP contribution < -0.4 is 10.6 Å². The Bertz CT molecular complexity index is 519. The molecule has 0 amide bonds. The highest BCUT2D eigenvalue weighted by molar-refractivity contribution is 14.0. The van der Waals surface area contributed by atoms with Gasteiger partial charge in [-0.25, -0.2) is 0 Å². The molecule has 4 nitrogen and oxygen atoms in total. The molecule has 26 heavy (non-hydrogen) atoms. The standard InChI is InChI=1S/C19H31BrN4S.HI/c1-21-19(22-11-3-4-14-25-2)23-18-9-12-24(13-10-18)15-16-5-7-17(20)8-6-16;/h5-8,18H,3-4,9-15H2,1-2H3,(H2,21,22,23);1H. The van der Waals surface area contributed by atoms with E-state index in [4.69, 9.17) is 0 Å².